The normalized spacial score (nSPS) is 20.9. The molecule has 1 unspecified atom stereocenters. The molecule has 0 aromatic carbocycles. The minimum atomic E-state index is -0.0313. The maximum absolute atomic E-state index is 9.15. The van der Waals surface area contributed by atoms with Crippen molar-refractivity contribution in [2.45, 2.75) is 59.5 Å². The van der Waals surface area contributed by atoms with E-state index in [-0.39, 0.29) is 6.04 Å². The van der Waals surface area contributed by atoms with Gasteiger partial charge in [0, 0.05) is 12.6 Å². The molecular weight excluding hydrogens is 222 g/mol. The minimum absolute atomic E-state index is 0.0313. The Morgan fingerprint density at radius 3 is 2.22 bits per heavy atom. The van der Waals surface area contributed by atoms with Gasteiger partial charge in [-0.3, -0.25) is 5.32 Å². The van der Waals surface area contributed by atoms with Crippen molar-refractivity contribution >= 4 is 0 Å². The van der Waals surface area contributed by atoms with E-state index in [1.807, 2.05) is 0 Å². The molecule has 1 heterocycles. The topological polar surface area (TPSA) is 39.1 Å². The highest BCUT2D eigenvalue weighted by molar-refractivity contribution is 4.94. The van der Waals surface area contributed by atoms with Gasteiger partial charge < -0.3 is 4.90 Å². The van der Waals surface area contributed by atoms with Crippen LogP contribution in [-0.2, 0) is 0 Å². The molecule has 0 bridgehead atoms. The average Bonchev–Trinajstić information content (AvgIpc) is 2.27. The van der Waals surface area contributed by atoms with Crippen molar-refractivity contribution in [1.29, 1.82) is 5.26 Å². The fourth-order valence-electron chi connectivity index (χ4n) is 2.77. The van der Waals surface area contributed by atoms with Gasteiger partial charge in [-0.2, -0.15) is 5.26 Å². The molecule has 1 aliphatic rings. The van der Waals surface area contributed by atoms with Gasteiger partial charge in [-0.25, -0.2) is 0 Å². The van der Waals surface area contributed by atoms with Crippen molar-refractivity contribution in [3.63, 3.8) is 0 Å². The van der Waals surface area contributed by atoms with Crippen molar-refractivity contribution < 1.29 is 0 Å². The van der Waals surface area contributed by atoms with E-state index in [4.69, 9.17) is 5.26 Å². The molecule has 1 fully saturated rings. The molecule has 1 aliphatic heterocycles. The van der Waals surface area contributed by atoms with Crippen LogP contribution in [-0.4, -0.2) is 36.6 Å². The van der Waals surface area contributed by atoms with Gasteiger partial charge in [0.2, 0.25) is 0 Å². The van der Waals surface area contributed by atoms with Gasteiger partial charge in [-0.05, 0) is 51.1 Å². The smallest absolute Gasteiger partial charge is 0.108 e. The van der Waals surface area contributed by atoms with E-state index in [2.05, 4.69) is 50.9 Å². The molecule has 0 aromatic rings. The summed E-state index contributed by atoms with van der Waals surface area (Å²) in [6.07, 6.45) is 2.53. The Hall–Kier alpha value is -0.590. The first-order valence-electron chi connectivity index (χ1n) is 7.21. The van der Waals surface area contributed by atoms with Crippen molar-refractivity contribution in [2.24, 2.45) is 11.3 Å². The highest BCUT2D eigenvalue weighted by atomic mass is 15.2. The Morgan fingerprint density at radius 2 is 1.83 bits per heavy atom. The van der Waals surface area contributed by atoms with Gasteiger partial charge in [-0.1, -0.05) is 20.8 Å². The number of piperidine rings is 1. The first-order valence-corrected chi connectivity index (χ1v) is 7.21. The summed E-state index contributed by atoms with van der Waals surface area (Å²) in [5.74, 6) is 0.826. The first-order chi connectivity index (χ1) is 8.32. The minimum Gasteiger partial charge on any atom is -0.301 e. The predicted molar refractivity (Wildman–Crippen MR) is 76.3 cm³/mol. The molecule has 0 saturated carbocycles. The van der Waals surface area contributed by atoms with E-state index in [0.29, 0.717) is 11.5 Å². The lowest BCUT2D eigenvalue weighted by Crippen LogP contribution is -2.46. The molecule has 0 aromatic heterocycles. The zero-order chi connectivity index (χ0) is 13.8. The Balaban J connectivity index is 2.37. The summed E-state index contributed by atoms with van der Waals surface area (Å²) in [6.45, 7) is 14.3. The van der Waals surface area contributed by atoms with Gasteiger partial charge in [0.1, 0.15) is 6.04 Å². The summed E-state index contributed by atoms with van der Waals surface area (Å²) in [5.41, 5.74) is 0.427. The number of rotatable bonds is 4. The lowest BCUT2D eigenvalue weighted by Gasteiger charge is -2.39. The molecule has 0 amide bonds. The van der Waals surface area contributed by atoms with E-state index in [0.717, 1.165) is 25.6 Å². The number of likely N-dealkylation sites (tertiary alicyclic amines) is 1. The Kier molecular flexibility index (Phi) is 5.62. The van der Waals surface area contributed by atoms with Crippen LogP contribution in [0.4, 0.5) is 0 Å². The van der Waals surface area contributed by atoms with Crippen molar-refractivity contribution in [1.82, 2.24) is 10.2 Å². The van der Waals surface area contributed by atoms with Gasteiger partial charge in [-0.15, -0.1) is 0 Å². The van der Waals surface area contributed by atoms with Gasteiger partial charge in [0.15, 0.2) is 0 Å². The van der Waals surface area contributed by atoms with E-state index in [1.54, 1.807) is 0 Å². The van der Waals surface area contributed by atoms with Crippen LogP contribution in [0.2, 0.25) is 0 Å². The van der Waals surface area contributed by atoms with Gasteiger partial charge in [0.25, 0.3) is 0 Å². The lowest BCUT2D eigenvalue weighted by atomic mass is 9.75. The molecule has 1 rings (SSSR count). The first kappa shape index (κ1) is 15.5. The van der Waals surface area contributed by atoms with E-state index in [9.17, 15) is 0 Å². The van der Waals surface area contributed by atoms with Crippen molar-refractivity contribution in [3.05, 3.63) is 0 Å². The van der Waals surface area contributed by atoms with Crippen LogP contribution < -0.4 is 5.32 Å². The van der Waals surface area contributed by atoms with Crippen LogP contribution in [0.15, 0.2) is 0 Å². The summed E-state index contributed by atoms with van der Waals surface area (Å²) in [7, 11) is 0. The molecule has 0 radical (unpaired) electrons. The monoisotopic (exact) mass is 251 g/mol. The average molecular weight is 251 g/mol. The van der Waals surface area contributed by atoms with Crippen molar-refractivity contribution in [2.75, 3.05) is 19.6 Å². The van der Waals surface area contributed by atoms with Crippen LogP contribution >= 0.6 is 0 Å². The summed E-state index contributed by atoms with van der Waals surface area (Å²) in [5, 5.41) is 12.5. The molecular formula is C15H29N3. The van der Waals surface area contributed by atoms with Crippen LogP contribution in [0.25, 0.3) is 0 Å². The maximum Gasteiger partial charge on any atom is 0.108 e. The third-order valence-electron chi connectivity index (χ3n) is 3.94. The van der Waals surface area contributed by atoms with E-state index >= 15 is 0 Å². The summed E-state index contributed by atoms with van der Waals surface area (Å²) in [4.78, 5) is 2.44. The SMILES string of the molecule is CC(C)NC(C#N)CN1CCC(C(C)(C)C)CC1. The van der Waals surface area contributed by atoms with Gasteiger partial charge >= 0.3 is 0 Å². The molecule has 18 heavy (non-hydrogen) atoms. The van der Waals surface area contributed by atoms with Gasteiger partial charge in [0.05, 0.1) is 6.07 Å². The number of nitriles is 1. The largest absolute Gasteiger partial charge is 0.301 e. The van der Waals surface area contributed by atoms with Crippen LogP contribution in [0.5, 0.6) is 0 Å². The third kappa shape index (κ3) is 4.96. The lowest BCUT2D eigenvalue weighted by molar-refractivity contribution is 0.108. The second kappa shape index (κ2) is 6.54. The fraction of sp³-hybridized carbons (Fsp3) is 0.933. The molecule has 0 spiro atoms. The highest BCUT2D eigenvalue weighted by Gasteiger charge is 2.29. The van der Waals surface area contributed by atoms with E-state index < -0.39 is 0 Å². The molecule has 3 heteroatoms. The fourth-order valence-corrected chi connectivity index (χ4v) is 2.77. The molecule has 1 saturated heterocycles. The van der Waals surface area contributed by atoms with Crippen LogP contribution in [0, 0.1) is 22.7 Å². The molecule has 1 atom stereocenters. The highest BCUT2D eigenvalue weighted by Crippen LogP contribution is 2.34. The predicted octanol–water partition coefficient (Wildman–Crippen LogP) is 2.63. The second-order valence-electron chi connectivity index (χ2n) is 6.94. The maximum atomic E-state index is 9.15. The summed E-state index contributed by atoms with van der Waals surface area (Å²) >= 11 is 0. The summed E-state index contributed by atoms with van der Waals surface area (Å²) in [6, 6.07) is 2.71. The van der Waals surface area contributed by atoms with Crippen LogP contribution in [0.1, 0.15) is 47.5 Å². The summed E-state index contributed by atoms with van der Waals surface area (Å²) < 4.78 is 0. The Bertz CT molecular complexity index is 277. The zero-order valence-electron chi connectivity index (χ0n) is 12.7. The second-order valence-corrected chi connectivity index (χ2v) is 6.94. The van der Waals surface area contributed by atoms with E-state index in [1.165, 1.54) is 12.8 Å². The standard InChI is InChI=1S/C15H29N3/c1-12(2)17-14(10-16)11-18-8-6-13(7-9-18)15(3,4)5/h12-14,17H,6-9,11H2,1-5H3. The number of nitrogens with one attached hydrogen (secondary N) is 1. The molecule has 1 N–H and O–H groups in total. The Labute approximate surface area is 113 Å². The number of hydrogen-bond acceptors (Lipinski definition) is 3. The molecule has 0 aliphatic carbocycles. The number of nitrogens with zero attached hydrogens (tertiary/aromatic N) is 2. The van der Waals surface area contributed by atoms with Crippen molar-refractivity contribution in [3.8, 4) is 6.07 Å². The zero-order valence-corrected chi connectivity index (χ0v) is 12.7. The Morgan fingerprint density at radius 1 is 1.28 bits per heavy atom. The quantitative estimate of drug-likeness (QED) is 0.835. The van der Waals surface area contributed by atoms with Crippen LogP contribution in [0.3, 0.4) is 0 Å². The molecule has 104 valence electrons. The molecule has 3 nitrogen and oxygen atoms in total. The number of hydrogen-bond donors (Lipinski definition) is 1. The third-order valence-corrected chi connectivity index (χ3v) is 3.94.